The van der Waals surface area contributed by atoms with Gasteiger partial charge in [0.1, 0.15) is 5.75 Å². The maximum atomic E-state index is 14.1. The zero-order valence-corrected chi connectivity index (χ0v) is 12.9. The Morgan fingerprint density at radius 2 is 2.04 bits per heavy atom. The standard InChI is InChI=1S/C18H20FN3O/c19-16-13-14(9-12-22-18-20-10-4-11-21-18)7-8-17(16)23-15-5-2-1-3-6-15/h1-3,5-8,13H,4,9-12H2,(H2,20,21,22). The van der Waals surface area contributed by atoms with Crippen LogP contribution >= 0.6 is 0 Å². The third-order valence-electron chi connectivity index (χ3n) is 3.57. The van der Waals surface area contributed by atoms with Crippen LogP contribution in [0.4, 0.5) is 4.39 Å². The summed E-state index contributed by atoms with van der Waals surface area (Å²) in [7, 11) is 0. The third kappa shape index (κ3) is 4.45. The summed E-state index contributed by atoms with van der Waals surface area (Å²) in [6, 6.07) is 14.3. The Morgan fingerprint density at radius 3 is 2.78 bits per heavy atom. The second kappa shape index (κ2) is 7.63. The number of nitrogens with zero attached hydrogens (tertiary/aromatic N) is 1. The molecule has 2 N–H and O–H groups in total. The fraction of sp³-hybridized carbons (Fsp3) is 0.278. The molecule has 0 amide bonds. The largest absolute Gasteiger partial charge is 0.454 e. The minimum atomic E-state index is -0.348. The maximum absolute atomic E-state index is 14.1. The fourth-order valence-corrected chi connectivity index (χ4v) is 2.37. The summed E-state index contributed by atoms with van der Waals surface area (Å²) in [6.07, 6.45) is 1.79. The Kier molecular flexibility index (Phi) is 5.09. The third-order valence-corrected chi connectivity index (χ3v) is 3.57. The first-order valence-electron chi connectivity index (χ1n) is 7.85. The first-order valence-corrected chi connectivity index (χ1v) is 7.85. The Labute approximate surface area is 135 Å². The van der Waals surface area contributed by atoms with Gasteiger partial charge in [0, 0.05) is 19.6 Å². The maximum Gasteiger partial charge on any atom is 0.191 e. The van der Waals surface area contributed by atoms with Gasteiger partial charge in [-0.2, -0.15) is 0 Å². The SMILES string of the molecule is Fc1cc(CCNC2=NCCCN2)ccc1Oc1ccccc1. The summed E-state index contributed by atoms with van der Waals surface area (Å²) in [5.41, 5.74) is 0.923. The highest BCUT2D eigenvalue weighted by atomic mass is 19.1. The van der Waals surface area contributed by atoms with E-state index < -0.39 is 0 Å². The van der Waals surface area contributed by atoms with Crippen LogP contribution in [-0.2, 0) is 6.42 Å². The summed E-state index contributed by atoms with van der Waals surface area (Å²) >= 11 is 0. The summed E-state index contributed by atoms with van der Waals surface area (Å²) in [6.45, 7) is 2.52. The number of para-hydroxylation sites is 1. The monoisotopic (exact) mass is 313 g/mol. The second-order valence-corrected chi connectivity index (χ2v) is 5.37. The van der Waals surface area contributed by atoms with E-state index in [-0.39, 0.29) is 11.6 Å². The van der Waals surface area contributed by atoms with Gasteiger partial charge in [0.2, 0.25) is 0 Å². The Bertz CT molecular complexity index is 673. The lowest BCUT2D eigenvalue weighted by atomic mass is 10.1. The van der Waals surface area contributed by atoms with Crippen LogP contribution in [0.5, 0.6) is 11.5 Å². The molecule has 0 bridgehead atoms. The predicted octanol–water partition coefficient (Wildman–Crippen LogP) is 3.10. The molecule has 0 saturated heterocycles. The van der Waals surface area contributed by atoms with Crippen LogP contribution < -0.4 is 15.4 Å². The van der Waals surface area contributed by atoms with Crippen LogP contribution in [-0.4, -0.2) is 25.6 Å². The highest BCUT2D eigenvalue weighted by Crippen LogP contribution is 2.24. The van der Waals surface area contributed by atoms with Crippen molar-refractivity contribution in [2.45, 2.75) is 12.8 Å². The van der Waals surface area contributed by atoms with Crippen molar-refractivity contribution in [2.75, 3.05) is 19.6 Å². The number of hydrogen-bond donors (Lipinski definition) is 2. The van der Waals surface area contributed by atoms with Crippen molar-refractivity contribution in [2.24, 2.45) is 4.99 Å². The molecule has 5 heteroatoms. The van der Waals surface area contributed by atoms with Gasteiger partial charge in [-0.25, -0.2) is 4.39 Å². The van der Waals surface area contributed by atoms with Crippen molar-refractivity contribution in [1.82, 2.24) is 10.6 Å². The molecule has 0 atom stereocenters. The first-order chi connectivity index (χ1) is 11.3. The van der Waals surface area contributed by atoms with E-state index >= 15 is 0 Å². The Balaban J connectivity index is 1.55. The van der Waals surface area contributed by atoms with Crippen LogP contribution in [0.3, 0.4) is 0 Å². The highest BCUT2D eigenvalue weighted by Gasteiger charge is 2.07. The Hall–Kier alpha value is -2.56. The number of rotatable bonds is 5. The number of halogens is 1. The number of aliphatic imine (C=N–C) groups is 1. The van der Waals surface area contributed by atoms with Gasteiger partial charge in [-0.3, -0.25) is 4.99 Å². The minimum absolute atomic E-state index is 0.242. The lowest BCUT2D eigenvalue weighted by Crippen LogP contribution is -2.41. The van der Waals surface area contributed by atoms with Crippen LogP contribution in [0.2, 0.25) is 0 Å². The van der Waals surface area contributed by atoms with Gasteiger partial charge >= 0.3 is 0 Å². The predicted molar refractivity (Wildman–Crippen MR) is 89.5 cm³/mol. The first kappa shape index (κ1) is 15.3. The highest BCUT2D eigenvalue weighted by molar-refractivity contribution is 5.80. The summed E-state index contributed by atoms with van der Waals surface area (Å²) in [4.78, 5) is 4.34. The van der Waals surface area contributed by atoms with Crippen LogP contribution in [0.1, 0.15) is 12.0 Å². The Morgan fingerprint density at radius 1 is 1.17 bits per heavy atom. The summed E-state index contributed by atoms with van der Waals surface area (Å²) in [5, 5.41) is 6.43. The molecule has 2 aromatic carbocycles. The van der Waals surface area contributed by atoms with Gasteiger partial charge in [-0.1, -0.05) is 24.3 Å². The molecule has 23 heavy (non-hydrogen) atoms. The topological polar surface area (TPSA) is 45.7 Å². The average molecular weight is 313 g/mol. The van der Waals surface area contributed by atoms with Crippen LogP contribution in [0.25, 0.3) is 0 Å². The van der Waals surface area contributed by atoms with Gasteiger partial charge in [-0.15, -0.1) is 0 Å². The molecule has 2 aromatic rings. The lowest BCUT2D eigenvalue weighted by molar-refractivity contribution is 0.441. The molecule has 0 radical (unpaired) electrons. The summed E-state index contributed by atoms with van der Waals surface area (Å²) < 4.78 is 19.7. The number of guanidine groups is 1. The lowest BCUT2D eigenvalue weighted by Gasteiger charge is -2.16. The van der Waals surface area contributed by atoms with Crippen LogP contribution in [0, 0.1) is 5.82 Å². The van der Waals surface area contributed by atoms with Crippen LogP contribution in [0.15, 0.2) is 53.5 Å². The fourth-order valence-electron chi connectivity index (χ4n) is 2.37. The zero-order chi connectivity index (χ0) is 15.9. The molecule has 3 rings (SSSR count). The van der Waals surface area contributed by atoms with Crippen molar-refractivity contribution < 1.29 is 9.13 Å². The van der Waals surface area contributed by atoms with E-state index in [1.165, 1.54) is 6.07 Å². The molecule has 1 aliphatic heterocycles. The molecule has 4 nitrogen and oxygen atoms in total. The van der Waals surface area contributed by atoms with Gasteiger partial charge in [0.15, 0.2) is 17.5 Å². The van der Waals surface area contributed by atoms with Gasteiger partial charge in [0.05, 0.1) is 0 Å². The van der Waals surface area contributed by atoms with E-state index in [9.17, 15) is 4.39 Å². The smallest absolute Gasteiger partial charge is 0.191 e. The van der Waals surface area contributed by atoms with Crippen molar-refractivity contribution in [3.63, 3.8) is 0 Å². The van der Waals surface area contributed by atoms with E-state index in [1.807, 2.05) is 24.3 Å². The van der Waals surface area contributed by atoms with E-state index in [0.29, 0.717) is 12.3 Å². The molecule has 0 unspecified atom stereocenters. The number of hydrogen-bond acceptors (Lipinski definition) is 4. The van der Waals surface area contributed by atoms with Gasteiger partial charge in [-0.05, 0) is 42.7 Å². The molecular weight excluding hydrogens is 293 g/mol. The molecule has 0 fully saturated rings. The molecular formula is C18H20FN3O. The number of ether oxygens (including phenoxy) is 1. The van der Waals surface area contributed by atoms with E-state index in [0.717, 1.165) is 37.5 Å². The second-order valence-electron chi connectivity index (χ2n) is 5.37. The van der Waals surface area contributed by atoms with E-state index in [2.05, 4.69) is 15.6 Å². The molecule has 1 aliphatic rings. The zero-order valence-electron chi connectivity index (χ0n) is 12.9. The van der Waals surface area contributed by atoms with Gasteiger partial charge < -0.3 is 15.4 Å². The normalized spacial score (nSPS) is 13.9. The summed E-state index contributed by atoms with van der Waals surface area (Å²) in [5.74, 6) is 1.36. The molecule has 0 spiro atoms. The van der Waals surface area contributed by atoms with E-state index in [4.69, 9.17) is 4.74 Å². The van der Waals surface area contributed by atoms with Crippen molar-refractivity contribution >= 4 is 5.96 Å². The van der Waals surface area contributed by atoms with Gasteiger partial charge in [0.25, 0.3) is 0 Å². The quantitative estimate of drug-likeness (QED) is 0.891. The van der Waals surface area contributed by atoms with Crippen molar-refractivity contribution in [3.8, 4) is 11.5 Å². The number of nitrogens with one attached hydrogen (secondary N) is 2. The number of benzene rings is 2. The molecule has 1 heterocycles. The molecule has 0 aromatic heterocycles. The molecule has 0 saturated carbocycles. The minimum Gasteiger partial charge on any atom is -0.454 e. The molecule has 0 aliphatic carbocycles. The van der Waals surface area contributed by atoms with Crippen molar-refractivity contribution in [1.29, 1.82) is 0 Å². The average Bonchev–Trinajstić information content (AvgIpc) is 2.59. The van der Waals surface area contributed by atoms with E-state index in [1.54, 1.807) is 18.2 Å². The van der Waals surface area contributed by atoms with Crippen molar-refractivity contribution in [3.05, 3.63) is 59.9 Å². The molecule has 120 valence electrons.